The van der Waals surface area contributed by atoms with Gasteiger partial charge < -0.3 is 15.7 Å². The van der Waals surface area contributed by atoms with Gasteiger partial charge in [0.05, 0.1) is 5.69 Å². The summed E-state index contributed by atoms with van der Waals surface area (Å²) >= 11 is 1.12. The van der Waals surface area contributed by atoms with Crippen LogP contribution in [0.4, 0.5) is 11.5 Å². The van der Waals surface area contributed by atoms with Gasteiger partial charge in [-0.2, -0.15) is 0 Å². The Labute approximate surface area is 137 Å². The number of carbonyl (C=O) groups is 2. The van der Waals surface area contributed by atoms with Gasteiger partial charge in [0.25, 0.3) is 0 Å². The number of thiophene rings is 1. The van der Waals surface area contributed by atoms with Crippen LogP contribution in [0.5, 0.6) is 0 Å². The monoisotopic (exact) mass is 333 g/mol. The standard InChI is InChI=1S/C16H19N3O3S/c1-2-3-9-8-11(19-6-4-10(20)5-7-19)18-15-12(9)13(17)14(23-15)16(21)22/h8H,2-7,17H2,1H3,(H,21,22). The smallest absolute Gasteiger partial charge is 0.348 e. The topological polar surface area (TPSA) is 96.5 Å². The maximum absolute atomic E-state index is 11.4. The highest BCUT2D eigenvalue weighted by Crippen LogP contribution is 2.37. The number of aryl methyl sites for hydroxylation is 1. The van der Waals surface area contributed by atoms with Crippen molar-refractivity contribution in [1.29, 1.82) is 0 Å². The first kappa shape index (κ1) is 15.7. The highest BCUT2D eigenvalue weighted by atomic mass is 32.1. The van der Waals surface area contributed by atoms with Crippen molar-refractivity contribution >= 4 is 44.8 Å². The number of aromatic carboxylic acids is 1. The Bertz CT molecular complexity index is 774. The number of piperidine rings is 1. The second kappa shape index (κ2) is 6.16. The normalized spacial score (nSPS) is 15.3. The van der Waals surface area contributed by atoms with Crippen LogP contribution in [0.1, 0.15) is 41.4 Å². The molecule has 1 aliphatic heterocycles. The van der Waals surface area contributed by atoms with Crippen molar-refractivity contribution in [1.82, 2.24) is 4.98 Å². The fraction of sp³-hybridized carbons (Fsp3) is 0.438. The van der Waals surface area contributed by atoms with Crippen LogP contribution >= 0.6 is 11.3 Å². The molecule has 0 spiro atoms. The first-order chi connectivity index (χ1) is 11.0. The Kier molecular flexibility index (Phi) is 4.21. The summed E-state index contributed by atoms with van der Waals surface area (Å²) in [5.41, 5.74) is 7.40. The third kappa shape index (κ3) is 2.88. The molecule has 2 aromatic heterocycles. The van der Waals surface area contributed by atoms with Crippen molar-refractivity contribution in [3.63, 3.8) is 0 Å². The molecule has 1 fully saturated rings. The van der Waals surface area contributed by atoms with Gasteiger partial charge in [-0.3, -0.25) is 4.79 Å². The fourth-order valence-electron chi connectivity index (χ4n) is 2.96. The number of pyridine rings is 1. The summed E-state index contributed by atoms with van der Waals surface area (Å²) in [6, 6.07) is 2.00. The van der Waals surface area contributed by atoms with Crippen LogP contribution in [0.25, 0.3) is 10.2 Å². The van der Waals surface area contributed by atoms with Gasteiger partial charge in [0.1, 0.15) is 21.3 Å². The zero-order chi connectivity index (χ0) is 16.6. The molecule has 122 valence electrons. The Morgan fingerprint density at radius 1 is 1.43 bits per heavy atom. The molecule has 2 aromatic rings. The van der Waals surface area contributed by atoms with E-state index in [9.17, 15) is 14.7 Å². The van der Waals surface area contributed by atoms with Gasteiger partial charge in [-0.25, -0.2) is 9.78 Å². The van der Waals surface area contributed by atoms with Crippen LogP contribution in [0.2, 0.25) is 0 Å². The molecule has 3 heterocycles. The molecule has 0 atom stereocenters. The van der Waals surface area contributed by atoms with Crippen molar-refractivity contribution in [2.24, 2.45) is 0 Å². The molecule has 0 aromatic carbocycles. The first-order valence-electron chi connectivity index (χ1n) is 7.73. The molecule has 7 heteroatoms. The fourth-order valence-corrected chi connectivity index (χ4v) is 3.93. The van der Waals surface area contributed by atoms with E-state index < -0.39 is 5.97 Å². The average molecular weight is 333 g/mol. The van der Waals surface area contributed by atoms with Crippen molar-refractivity contribution in [2.45, 2.75) is 32.6 Å². The van der Waals surface area contributed by atoms with Gasteiger partial charge in [-0.15, -0.1) is 11.3 Å². The minimum absolute atomic E-state index is 0.149. The molecule has 3 rings (SSSR count). The summed E-state index contributed by atoms with van der Waals surface area (Å²) in [4.78, 5) is 30.3. The number of ketones is 1. The lowest BCUT2D eigenvalue weighted by atomic mass is 10.1. The van der Waals surface area contributed by atoms with E-state index in [0.717, 1.165) is 40.9 Å². The van der Waals surface area contributed by atoms with Gasteiger partial charge in [0.15, 0.2) is 0 Å². The number of nitrogens with two attached hydrogens (primary N) is 1. The van der Waals surface area contributed by atoms with Crippen molar-refractivity contribution in [3.05, 3.63) is 16.5 Å². The summed E-state index contributed by atoms with van der Waals surface area (Å²) < 4.78 is 0. The van der Waals surface area contributed by atoms with Crippen molar-refractivity contribution < 1.29 is 14.7 Å². The van der Waals surface area contributed by atoms with E-state index in [-0.39, 0.29) is 10.7 Å². The Balaban J connectivity index is 2.10. The highest BCUT2D eigenvalue weighted by Gasteiger charge is 2.23. The van der Waals surface area contributed by atoms with E-state index in [4.69, 9.17) is 5.73 Å². The lowest BCUT2D eigenvalue weighted by Gasteiger charge is -2.27. The molecular weight excluding hydrogens is 314 g/mol. The number of anilines is 2. The maximum Gasteiger partial charge on any atom is 0.348 e. The molecule has 0 aliphatic carbocycles. The molecule has 3 N–H and O–H groups in total. The largest absolute Gasteiger partial charge is 0.477 e. The summed E-state index contributed by atoms with van der Waals surface area (Å²) in [6.45, 7) is 3.40. The third-order valence-electron chi connectivity index (χ3n) is 4.13. The Morgan fingerprint density at radius 2 is 2.13 bits per heavy atom. The van der Waals surface area contributed by atoms with Crippen molar-refractivity contribution in [3.8, 4) is 0 Å². The van der Waals surface area contributed by atoms with Gasteiger partial charge in [-0.05, 0) is 18.1 Å². The molecule has 0 saturated carbocycles. The van der Waals surface area contributed by atoms with E-state index in [1.165, 1.54) is 0 Å². The second-order valence-corrected chi connectivity index (χ2v) is 6.74. The predicted molar refractivity (Wildman–Crippen MR) is 91.4 cm³/mol. The van der Waals surface area contributed by atoms with Crippen LogP contribution in [0.3, 0.4) is 0 Å². The average Bonchev–Trinajstić information content (AvgIpc) is 2.86. The lowest BCUT2D eigenvalue weighted by molar-refractivity contribution is -0.119. The van der Waals surface area contributed by atoms with Gasteiger partial charge in [0, 0.05) is 31.3 Å². The SMILES string of the molecule is CCCc1cc(N2CCC(=O)CC2)nc2sc(C(=O)O)c(N)c12. The molecule has 0 bridgehead atoms. The summed E-state index contributed by atoms with van der Waals surface area (Å²) in [5.74, 6) is 0.0781. The predicted octanol–water partition coefficient (Wildman–Crippen LogP) is 2.70. The maximum atomic E-state index is 11.4. The van der Waals surface area contributed by atoms with Crippen LogP contribution in [-0.4, -0.2) is 34.9 Å². The number of fused-ring (bicyclic) bond motifs is 1. The Hall–Kier alpha value is -2.15. The van der Waals surface area contributed by atoms with E-state index in [1.54, 1.807) is 0 Å². The molecule has 1 saturated heterocycles. The number of carbonyl (C=O) groups excluding carboxylic acids is 1. The highest BCUT2D eigenvalue weighted by molar-refractivity contribution is 7.21. The van der Waals surface area contributed by atoms with Gasteiger partial charge >= 0.3 is 5.97 Å². The van der Waals surface area contributed by atoms with E-state index in [1.807, 2.05) is 6.07 Å². The summed E-state index contributed by atoms with van der Waals surface area (Å²) in [7, 11) is 0. The first-order valence-corrected chi connectivity index (χ1v) is 8.54. The number of aromatic nitrogens is 1. The number of nitrogen functional groups attached to an aromatic ring is 1. The molecule has 0 unspecified atom stereocenters. The van der Waals surface area contributed by atoms with Crippen LogP contribution in [0.15, 0.2) is 6.07 Å². The van der Waals surface area contributed by atoms with E-state index >= 15 is 0 Å². The second-order valence-electron chi connectivity index (χ2n) is 5.75. The molecule has 0 radical (unpaired) electrons. The van der Waals surface area contributed by atoms with E-state index in [2.05, 4.69) is 16.8 Å². The van der Waals surface area contributed by atoms with E-state index in [0.29, 0.717) is 36.4 Å². The summed E-state index contributed by atoms with van der Waals surface area (Å²) in [5, 5.41) is 10.1. The number of nitrogens with zero attached hydrogens (tertiary/aromatic N) is 2. The van der Waals surface area contributed by atoms with Gasteiger partial charge in [-0.1, -0.05) is 13.3 Å². The minimum atomic E-state index is -1.02. The molecule has 1 aliphatic rings. The quantitative estimate of drug-likeness (QED) is 0.893. The van der Waals surface area contributed by atoms with Crippen LogP contribution in [0, 0.1) is 0 Å². The number of Topliss-reactive ketones (excluding diaryl/α,β-unsaturated/α-hetero) is 1. The molecule has 0 amide bonds. The zero-order valence-corrected chi connectivity index (χ0v) is 13.8. The number of rotatable bonds is 4. The minimum Gasteiger partial charge on any atom is -0.477 e. The van der Waals surface area contributed by atoms with Gasteiger partial charge in [0.2, 0.25) is 0 Å². The number of carboxylic acids is 1. The van der Waals surface area contributed by atoms with Crippen molar-refractivity contribution in [2.75, 3.05) is 23.7 Å². The van der Waals surface area contributed by atoms with Crippen LogP contribution < -0.4 is 10.6 Å². The number of hydrogen-bond donors (Lipinski definition) is 2. The zero-order valence-electron chi connectivity index (χ0n) is 13.0. The number of carboxylic acid groups (broad SMARTS) is 1. The Morgan fingerprint density at radius 3 is 2.74 bits per heavy atom. The molecular formula is C16H19N3O3S. The molecule has 23 heavy (non-hydrogen) atoms. The molecule has 6 nitrogen and oxygen atoms in total. The summed E-state index contributed by atoms with van der Waals surface area (Å²) in [6.07, 6.45) is 2.83. The third-order valence-corrected chi connectivity index (χ3v) is 5.21. The number of hydrogen-bond acceptors (Lipinski definition) is 6. The van der Waals surface area contributed by atoms with Crippen LogP contribution in [-0.2, 0) is 11.2 Å². The lowest BCUT2D eigenvalue weighted by Crippen LogP contribution is -2.34.